The fourth-order valence-corrected chi connectivity index (χ4v) is 4.13. The maximum Gasteiger partial charge on any atom is 0.295 e. The number of pyridine rings is 1. The summed E-state index contributed by atoms with van der Waals surface area (Å²) in [7, 11) is 1.57. The Kier molecular flexibility index (Phi) is 6.63. The number of methoxy groups -OCH3 is 1. The van der Waals surface area contributed by atoms with Crippen molar-refractivity contribution in [2.75, 3.05) is 13.7 Å². The lowest BCUT2D eigenvalue weighted by Crippen LogP contribution is -2.29. The van der Waals surface area contributed by atoms with E-state index in [2.05, 4.69) is 4.98 Å². The summed E-state index contributed by atoms with van der Waals surface area (Å²) in [6.45, 7) is 4.45. The van der Waals surface area contributed by atoms with Gasteiger partial charge >= 0.3 is 0 Å². The number of aliphatic hydroxyl groups excluding tert-OH is 1. The molecule has 1 saturated heterocycles. The van der Waals surface area contributed by atoms with Crippen molar-refractivity contribution in [3.05, 3.63) is 94.8 Å². The van der Waals surface area contributed by atoms with Crippen molar-refractivity contribution in [3.8, 4) is 11.5 Å². The Morgan fingerprint density at radius 2 is 1.88 bits per heavy atom. The molecule has 1 amide bonds. The van der Waals surface area contributed by atoms with Crippen molar-refractivity contribution >= 4 is 17.4 Å². The highest BCUT2D eigenvalue weighted by Crippen LogP contribution is 2.41. The number of benzene rings is 2. The number of hydrogen-bond donors (Lipinski definition) is 1. The molecule has 0 radical (unpaired) electrons. The molecule has 7 heteroatoms. The Bertz CT molecular complexity index is 1240. The molecule has 1 aliphatic rings. The van der Waals surface area contributed by atoms with Crippen LogP contribution in [0.3, 0.4) is 0 Å². The van der Waals surface area contributed by atoms with E-state index in [1.807, 2.05) is 19.9 Å². The number of amides is 1. The molecule has 7 nitrogen and oxygen atoms in total. The number of aromatic nitrogens is 1. The highest BCUT2D eigenvalue weighted by molar-refractivity contribution is 6.46. The summed E-state index contributed by atoms with van der Waals surface area (Å²) < 4.78 is 10.8. The number of aliphatic hydroxyl groups is 1. The second-order valence-electron chi connectivity index (χ2n) is 7.97. The van der Waals surface area contributed by atoms with E-state index in [1.54, 1.807) is 68.0 Å². The van der Waals surface area contributed by atoms with Gasteiger partial charge in [0, 0.05) is 24.5 Å². The van der Waals surface area contributed by atoms with E-state index in [-0.39, 0.29) is 17.9 Å². The van der Waals surface area contributed by atoms with E-state index in [1.165, 1.54) is 4.90 Å². The molecule has 1 aromatic heterocycles. The number of likely N-dealkylation sites (tertiary alicyclic amines) is 1. The molecule has 2 aromatic carbocycles. The van der Waals surface area contributed by atoms with Crippen molar-refractivity contribution < 1.29 is 24.2 Å². The topological polar surface area (TPSA) is 89.0 Å². The Labute approximate surface area is 198 Å². The second-order valence-corrected chi connectivity index (χ2v) is 7.97. The number of Topliss-reactive ketones (excluding diaryl/α,β-unsaturated/α-hetero) is 1. The van der Waals surface area contributed by atoms with Crippen LogP contribution in [0.25, 0.3) is 5.76 Å². The van der Waals surface area contributed by atoms with Crippen molar-refractivity contribution in [1.29, 1.82) is 0 Å². The zero-order valence-corrected chi connectivity index (χ0v) is 19.3. The summed E-state index contributed by atoms with van der Waals surface area (Å²) in [5, 5.41) is 11.3. The van der Waals surface area contributed by atoms with Crippen molar-refractivity contribution in [2.24, 2.45) is 0 Å². The van der Waals surface area contributed by atoms with Crippen molar-refractivity contribution in [2.45, 2.75) is 26.4 Å². The van der Waals surface area contributed by atoms with Gasteiger partial charge in [-0.15, -0.1) is 0 Å². The third-order valence-electron chi connectivity index (χ3n) is 5.80. The molecule has 4 rings (SSSR count). The molecule has 1 atom stereocenters. The van der Waals surface area contributed by atoms with E-state index in [0.29, 0.717) is 29.2 Å². The smallest absolute Gasteiger partial charge is 0.295 e. The Balaban J connectivity index is 1.83. The zero-order chi connectivity index (χ0) is 24.2. The molecule has 0 aliphatic carbocycles. The van der Waals surface area contributed by atoms with E-state index in [0.717, 1.165) is 11.1 Å². The minimum absolute atomic E-state index is 0.0441. The molecule has 174 valence electrons. The van der Waals surface area contributed by atoms with Gasteiger partial charge in [0.05, 0.1) is 25.3 Å². The van der Waals surface area contributed by atoms with Crippen LogP contribution in [0.5, 0.6) is 11.5 Å². The number of ketones is 1. The first-order valence-corrected chi connectivity index (χ1v) is 11.0. The quantitative estimate of drug-likeness (QED) is 0.320. The van der Waals surface area contributed by atoms with E-state index in [4.69, 9.17) is 9.47 Å². The number of hydrogen-bond acceptors (Lipinski definition) is 6. The molecule has 1 fully saturated rings. The van der Waals surface area contributed by atoms with E-state index < -0.39 is 17.7 Å². The molecule has 3 aromatic rings. The molecule has 34 heavy (non-hydrogen) atoms. The van der Waals surface area contributed by atoms with Gasteiger partial charge in [-0.05, 0) is 66.9 Å². The van der Waals surface area contributed by atoms with Crippen LogP contribution in [0.15, 0.2) is 72.6 Å². The van der Waals surface area contributed by atoms with Crippen molar-refractivity contribution in [1.82, 2.24) is 9.88 Å². The highest BCUT2D eigenvalue weighted by atomic mass is 16.5. The standard InChI is InChI=1S/C27H26N2O5/c1-4-34-22-12-9-20(14-17(22)2)25(30)23-24(19-7-10-21(33-3)11-8-19)29(27(32)26(23)31)16-18-6-5-13-28-15-18/h5-15,24,30H,4,16H2,1-3H3/t24-/m0/s1. The largest absolute Gasteiger partial charge is 0.507 e. The fourth-order valence-electron chi connectivity index (χ4n) is 4.13. The van der Waals surface area contributed by atoms with Gasteiger partial charge in [0.15, 0.2) is 0 Å². The molecule has 2 heterocycles. The summed E-state index contributed by atoms with van der Waals surface area (Å²) in [4.78, 5) is 31.9. The Morgan fingerprint density at radius 3 is 2.50 bits per heavy atom. The van der Waals surface area contributed by atoms with E-state index in [9.17, 15) is 14.7 Å². The van der Waals surface area contributed by atoms with Crippen LogP contribution in [0.1, 0.15) is 35.2 Å². The first-order chi connectivity index (χ1) is 16.4. The molecule has 0 unspecified atom stereocenters. The molecular weight excluding hydrogens is 432 g/mol. The maximum atomic E-state index is 13.2. The fraction of sp³-hybridized carbons (Fsp3) is 0.222. The predicted octanol–water partition coefficient (Wildman–Crippen LogP) is 4.42. The van der Waals surface area contributed by atoms with Crippen LogP contribution < -0.4 is 9.47 Å². The van der Waals surface area contributed by atoms with Crippen LogP contribution in [0.4, 0.5) is 0 Å². The van der Waals surface area contributed by atoms with Gasteiger partial charge in [-0.2, -0.15) is 0 Å². The monoisotopic (exact) mass is 458 g/mol. The predicted molar refractivity (Wildman–Crippen MR) is 127 cm³/mol. The average Bonchev–Trinajstić information content (AvgIpc) is 3.10. The van der Waals surface area contributed by atoms with Gasteiger partial charge in [-0.1, -0.05) is 18.2 Å². The van der Waals surface area contributed by atoms with Gasteiger partial charge in [0.1, 0.15) is 17.3 Å². The lowest BCUT2D eigenvalue weighted by atomic mass is 9.94. The molecule has 0 bridgehead atoms. The number of rotatable bonds is 7. The van der Waals surface area contributed by atoms with Crippen LogP contribution in [0, 0.1) is 6.92 Å². The van der Waals surface area contributed by atoms with Gasteiger partial charge < -0.3 is 19.5 Å². The van der Waals surface area contributed by atoms with Crippen LogP contribution in [-0.2, 0) is 16.1 Å². The number of ether oxygens (including phenoxy) is 2. The molecule has 1 aliphatic heterocycles. The van der Waals surface area contributed by atoms with Crippen LogP contribution in [-0.4, -0.2) is 40.4 Å². The highest BCUT2D eigenvalue weighted by Gasteiger charge is 2.46. The van der Waals surface area contributed by atoms with E-state index >= 15 is 0 Å². The number of carbonyl (C=O) groups excluding carboxylic acids is 2. The average molecular weight is 459 g/mol. The first kappa shape index (κ1) is 23.0. The molecule has 0 saturated carbocycles. The summed E-state index contributed by atoms with van der Waals surface area (Å²) in [6.07, 6.45) is 3.30. The Hall–Kier alpha value is -4.13. The SMILES string of the molecule is CCOc1ccc(C(O)=C2C(=O)C(=O)N(Cc3cccnc3)[C@H]2c2ccc(OC)cc2)cc1C. The second kappa shape index (κ2) is 9.79. The number of aryl methyl sites for hydroxylation is 1. The van der Waals surface area contributed by atoms with Gasteiger partial charge in [-0.3, -0.25) is 14.6 Å². The first-order valence-electron chi connectivity index (χ1n) is 11.0. The molecule has 0 spiro atoms. The van der Waals surface area contributed by atoms with Gasteiger partial charge in [-0.25, -0.2) is 0 Å². The minimum atomic E-state index is -0.766. The third-order valence-corrected chi connectivity index (χ3v) is 5.80. The lowest BCUT2D eigenvalue weighted by Gasteiger charge is -2.25. The van der Waals surface area contributed by atoms with Crippen LogP contribution in [0.2, 0.25) is 0 Å². The lowest BCUT2D eigenvalue weighted by molar-refractivity contribution is -0.140. The summed E-state index contributed by atoms with van der Waals surface area (Å²) in [5.74, 6) is -0.278. The third kappa shape index (κ3) is 4.37. The zero-order valence-electron chi connectivity index (χ0n) is 19.3. The Morgan fingerprint density at radius 1 is 1.12 bits per heavy atom. The van der Waals surface area contributed by atoms with Crippen molar-refractivity contribution in [3.63, 3.8) is 0 Å². The normalized spacial score (nSPS) is 17.1. The summed E-state index contributed by atoms with van der Waals surface area (Å²) in [6, 6.07) is 15.2. The molecule has 1 N–H and O–H groups in total. The van der Waals surface area contributed by atoms with Crippen LogP contribution >= 0.6 is 0 Å². The number of nitrogens with zero attached hydrogens (tertiary/aromatic N) is 2. The maximum absolute atomic E-state index is 13.2. The minimum Gasteiger partial charge on any atom is -0.507 e. The number of carbonyl (C=O) groups is 2. The summed E-state index contributed by atoms with van der Waals surface area (Å²) in [5.41, 5.74) is 2.77. The van der Waals surface area contributed by atoms with Gasteiger partial charge in [0.2, 0.25) is 0 Å². The van der Waals surface area contributed by atoms with Gasteiger partial charge in [0.25, 0.3) is 11.7 Å². The summed E-state index contributed by atoms with van der Waals surface area (Å²) >= 11 is 0. The molecular formula is C27H26N2O5.